The predicted octanol–water partition coefficient (Wildman–Crippen LogP) is 2.45. The van der Waals surface area contributed by atoms with E-state index in [1.165, 1.54) is 0 Å². The molecule has 0 aliphatic rings. The van der Waals surface area contributed by atoms with Gasteiger partial charge in [-0.2, -0.15) is 0 Å². The number of carbonyl (C=O) groups is 1. The number of aryl methyl sites for hydroxylation is 1. The largest absolute Gasteiger partial charge is 0.481 e. The molecule has 0 aliphatic heterocycles. The summed E-state index contributed by atoms with van der Waals surface area (Å²) >= 11 is 0. The van der Waals surface area contributed by atoms with E-state index in [1.54, 1.807) is 6.26 Å². The molecule has 1 aromatic heterocycles. The van der Waals surface area contributed by atoms with Gasteiger partial charge >= 0.3 is 5.97 Å². The Balaban J connectivity index is 2.21. The number of hydrogen-bond donors (Lipinski definition) is 1. The van der Waals surface area contributed by atoms with Crippen molar-refractivity contribution in [2.45, 2.75) is 12.8 Å². The molecule has 1 N–H and O–H groups in total. The lowest BCUT2D eigenvalue weighted by atomic mass is 10.1. The molecule has 3 heteroatoms. The maximum atomic E-state index is 10.4. The lowest BCUT2D eigenvalue weighted by Gasteiger charge is -1.97. The summed E-state index contributed by atoms with van der Waals surface area (Å²) in [7, 11) is 0. The Morgan fingerprint density at radius 3 is 3.00 bits per heavy atom. The third-order valence-electron chi connectivity index (χ3n) is 2.15. The minimum atomic E-state index is -0.774. The van der Waals surface area contributed by atoms with E-state index >= 15 is 0 Å². The van der Waals surface area contributed by atoms with Gasteiger partial charge in [0, 0.05) is 11.8 Å². The van der Waals surface area contributed by atoms with Gasteiger partial charge in [-0.15, -0.1) is 0 Å². The highest BCUT2D eigenvalue weighted by Crippen LogP contribution is 2.17. The predicted molar refractivity (Wildman–Crippen MR) is 52.2 cm³/mol. The van der Waals surface area contributed by atoms with Crippen LogP contribution >= 0.6 is 0 Å². The van der Waals surface area contributed by atoms with Crippen LogP contribution in [0.4, 0.5) is 0 Å². The first-order valence-corrected chi connectivity index (χ1v) is 4.43. The second-order valence-electron chi connectivity index (χ2n) is 3.19. The van der Waals surface area contributed by atoms with Crippen LogP contribution in [0, 0.1) is 0 Å². The number of rotatable bonds is 3. The smallest absolute Gasteiger partial charge is 0.303 e. The van der Waals surface area contributed by atoms with Crippen LogP contribution in [0.25, 0.3) is 11.0 Å². The summed E-state index contributed by atoms with van der Waals surface area (Å²) in [6.45, 7) is 0. The summed E-state index contributed by atoms with van der Waals surface area (Å²) in [6.07, 6.45) is 2.34. The highest BCUT2D eigenvalue weighted by atomic mass is 16.4. The molecule has 0 saturated heterocycles. The molecular weight excluding hydrogens is 180 g/mol. The van der Waals surface area contributed by atoms with Crippen LogP contribution in [0.3, 0.4) is 0 Å². The van der Waals surface area contributed by atoms with E-state index in [-0.39, 0.29) is 6.42 Å². The van der Waals surface area contributed by atoms with Gasteiger partial charge in [0.15, 0.2) is 0 Å². The van der Waals surface area contributed by atoms with E-state index in [2.05, 4.69) is 0 Å². The molecule has 0 aliphatic carbocycles. The van der Waals surface area contributed by atoms with E-state index in [4.69, 9.17) is 9.52 Å². The fourth-order valence-electron chi connectivity index (χ4n) is 1.41. The van der Waals surface area contributed by atoms with Gasteiger partial charge in [0.2, 0.25) is 0 Å². The second-order valence-corrected chi connectivity index (χ2v) is 3.19. The first kappa shape index (κ1) is 8.81. The van der Waals surface area contributed by atoms with Crippen LogP contribution in [0.15, 0.2) is 34.9 Å². The number of furan rings is 1. The zero-order chi connectivity index (χ0) is 9.97. The zero-order valence-electron chi connectivity index (χ0n) is 7.56. The zero-order valence-corrected chi connectivity index (χ0v) is 7.56. The van der Waals surface area contributed by atoms with Crippen molar-refractivity contribution in [3.63, 3.8) is 0 Å². The number of carboxylic acids is 1. The molecule has 0 spiro atoms. The summed E-state index contributed by atoms with van der Waals surface area (Å²) in [4.78, 5) is 10.4. The molecule has 1 heterocycles. The van der Waals surface area contributed by atoms with Crippen molar-refractivity contribution in [3.8, 4) is 0 Å². The monoisotopic (exact) mass is 190 g/mol. The van der Waals surface area contributed by atoms with Gasteiger partial charge in [-0.1, -0.05) is 12.1 Å². The van der Waals surface area contributed by atoms with Gasteiger partial charge in [-0.05, 0) is 24.1 Å². The molecule has 72 valence electrons. The summed E-state index contributed by atoms with van der Waals surface area (Å²) in [5.74, 6) is -0.774. The van der Waals surface area contributed by atoms with Crippen LogP contribution in [-0.2, 0) is 11.2 Å². The SMILES string of the molecule is O=C(O)CCc1ccc2ccoc2c1. The maximum absolute atomic E-state index is 10.4. The lowest BCUT2D eigenvalue weighted by molar-refractivity contribution is -0.136. The van der Waals surface area contributed by atoms with Gasteiger partial charge in [0.25, 0.3) is 0 Å². The Bertz CT molecular complexity index is 456. The molecule has 0 radical (unpaired) electrons. The molecule has 1 aromatic carbocycles. The maximum Gasteiger partial charge on any atom is 0.303 e. The van der Waals surface area contributed by atoms with Gasteiger partial charge < -0.3 is 9.52 Å². The van der Waals surface area contributed by atoms with E-state index in [0.29, 0.717) is 6.42 Å². The first-order chi connectivity index (χ1) is 6.75. The van der Waals surface area contributed by atoms with Crippen molar-refractivity contribution in [2.75, 3.05) is 0 Å². The van der Waals surface area contributed by atoms with Crippen molar-refractivity contribution >= 4 is 16.9 Å². The Hall–Kier alpha value is -1.77. The molecule has 0 bridgehead atoms. The summed E-state index contributed by atoms with van der Waals surface area (Å²) < 4.78 is 5.22. The summed E-state index contributed by atoms with van der Waals surface area (Å²) in [5, 5.41) is 9.57. The average molecular weight is 190 g/mol. The highest BCUT2D eigenvalue weighted by molar-refractivity contribution is 5.77. The molecule has 3 nitrogen and oxygen atoms in total. The third kappa shape index (κ3) is 1.76. The Labute approximate surface area is 81.0 Å². The Morgan fingerprint density at radius 1 is 1.36 bits per heavy atom. The summed E-state index contributed by atoms with van der Waals surface area (Å²) in [5.41, 5.74) is 1.81. The number of hydrogen-bond acceptors (Lipinski definition) is 2. The second kappa shape index (κ2) is 3.54. The molecule has 2 aromatic rings. The molecule has 0 fully saturated rings. The molecule has 14 heavy (non-hydrogen) atoms. The van der Waals surface area contributed by atoms with Crippen molar-refractivity contribution in [3.05, 3.63) is 36.1 Å². The number of fused-ring (bicyclic) bond motifs is 1. The number of carboxylic acid groups (broad SMARTS) is 1. The number of aliphatic carboxylic acids is 1. The van der Waals surface area contributed by atoms with Crippen LogP contribution in [-0.4, -0.2) is 11.1 Å². The van der Waals surface area contributed by atoms with Crippen molar-refractivity contribution < 1.29 is 14.3 Å². The van der Waals surface area contributed by atoms with Crippen LogP contribution in [0.1, 0.15) is 12.0 Å². The van der Waals surface area contributed by atoms with E-state index < -0.39 is 5.97 Å². The fourth-order valence-corrected chi connectivity index (χ4v) is 1.41. The Morgan fingerprint density at radius 2 is 2.21 bits per heavy atom. The minimum absolute atomic E-state index is 0.159. The van der Waals surface area contributed by atoms with Gasteiger partial charge in [-0.3, -0.25) is 4.79 Å². The van der Waals surface area contributed by atoms with E-state index in [9.17, 15) is 4.79 Å². The molecular formula is C11H10O3. The van der Waals surface area contributed by atoms with Crippen molar-refractivity contribution in [1.82, 2.24) is 0 Å². The molecule has 2 rings (SSSR count). The van der Waals surface area contributed by atoms with Crippen LogP contribution in [0.2, 0.25) is 0 Å². The minimum Gasteiger partial charge on any atom is -0.481 e. The Kier molecular flexibility index (Phi) is 2.23. The topological polar surface area (TPSA) is 50.4 Å². The van der Waals surface area contributed by atoms with Crippen LogP contribution < -0.4 is 0 Å². The number of benzene rings is 1. The standard InChI is InChI=1S/C11H10O3/c12-11(13)4-2-8-1-3-9-5-6-14-10(9)7-8/h1,3,5-7H,2,4H2,(H,12,13). The third-order valence-corrected chi connectivity index (χ3v) is 2.15. The van der Waals surface area contributed by atoms with E-state index in [1.807, 2.05) is 24.3 Å². The van der Waals surface area contributed by atoms with Gasteiger partial charge in [-0.25, -0.2) is 0 Å². The molecule has 0 saturated carbocycles. The lowest BCUT2D eigenvalue weighted by Crippen LogP contribution is -1.96. The normalized spacial score (nSPS) is 10.6. The van der Waals surface area contributed by atoms with Crippen molar-refractivity contribution in [1.29, 1.82) is 0 Å². The fraction of sp³-hybridized carbons (Fsp3) is 0.182. The first-order valence-electron chi connectivity index (χ1n) is 4.43. The molecule has 0 atom stereocenters. The van der Waals surface area contributed by atoms with Gasteiger partial charge in [0.1, 0.15) is 5.58 Å². The average Bonchev–Trinajstić information content (AvgIpc) is 2.61. The van der Waals surface area contributed by atoms with Crippen molar-refractivity contribution in [2.24, 2.45) is 0 Å². The molecule has 0 amide bonds. The van der Waals surface area contributed by atoms with Crippen LogP contribution in [0.5, 0.6) is 0 Å². The van der Waals surface area contributed by atoms with Gasteiger partial charge in [0.05, 0.1) is 6.26 Å². The highest BCUT2D eigenvalue weighted by Gasteiger charge is 2.01. The summed E-state index contributed by atoms with van der Waals surface area (Å²) in [6, 6.07) is 7.64. The quantitative estimate of drug-likeness (QED) is 0.808. The van der Waals surface area contributed by atoms with E-state index in [0.717, 1.165) is 16.5 Å². The molecule has 0 unspecified atom stereocenters.